The van der Waals surface area contributed by atoms with Crippen molar-refractivity contribution in [2.24, 2.45) is 0 Å². The molecule has 0 rings (SSSR count). The molecule has 0 aromatic carbocycles. The minimum atomic E-state index is -2.27. The Morgan fingerprint density at radius 2 is 0.773 bits per heavy atom. The van der Waals surface area contributed by atoms with Crippen LogP contribution < -0.4 is 0 Å². The monoisotopic (exact) mass is 334 g/mol. The molecular weight excluding hydrogens is 312 g/mol. The molecule has 12 heteroatoms. The minimum absolute atomic E-state index is 0.365. The van der Waals surface area contributed by atoms with Gasteiger partial charge < -0.3 is 51.1 Å². The van der Waals surface area contributed by atoms with Crippen molar-refractivity contribution in [3.63, 3.8) is 0 Å². The van der Waals surface area contributed by atoms with Crippen LogP contribution in [-0.2, 0) is 9.59 Å². The fraction of sp³-hybridized carbons (Fsp3) is 0.800. The molecule has 0 saturated carbocycles. The Kier molecular flexibility index (Phi) is 18.6. The van der Waals surface area contributed by atoms with E-state index in [1.165, 1.54) is 0 Å². The fourth-order valence-corrected chi connectivity index (χ4v) is 0.386. The predicted octanol–water partition coefficient (Wildman–Crippen LogP) is -5.46. The Labute approximate surface area is 124 Å². The molecule has 0 saturated heterocycles. The highest BCUT2D eigenvalue weighted by Crippen LogP contribution is 1.92. The highest BCUT2D eigenvalue weighted by molar-refractivity contribution is 5.83. The Morgan fingerprint density at radius 3 is 0.818 bits per heavy atom. The van der Waals surface area contributed by atoms with Crippen LogP contribution in [0.4, 0.5) is 0 Å². The molecule has 22 heavy (non-hydrogen) atoms. The van der Waals surface area contributed by atoms with E-state index < -0.39 is 36.4 Å². The van der Waals surface area contributed by atoms with E-state index in [1.807, 2.05) is 0 Å². The molecule has 2 atom stereocenters. The number of aliphatic hydroxyl groups is 8. The van der Waals surface area contributed by atoms with Crippen LogP contribution in [0.2, 0.25) is 0 Å². The number of carboxylic acid groups (broad SMARTS) is 2. The molecule has 0 spiro atoms. The Hall–Kier alpha value is -1.38. The van der Waals surface area contributed by atoms with Gasteiger partial charge in [-0.1, -0.05) is 0 Å². The second-order valence-electron chi connectivity index (χ2n) is 3.60. The zero-order valence-corrected chi connectivity index (χ0v) is 11.4. The molecule has 0 fully saturated rings. The van der Waals surface area contributed by atoms with E-state index in [2.05, 4.69) is 0 Å². The number of hydrogen-bond acceptors (Lipinski definition) is 10. The van der Waals surface area contributed by atoms with Crippen LogP contribution >= 0.6 is 0 Å². The summed E-state index contributed by atoms with van der Waals surface area (Å²) in [4.78, 5) is 19.5. The second-order valence-corrected chi connectivity index (χ2v) is 3.60. The van der Waals surface area contributed by atoms with Gasteiger partial charge in [0, 0.05) is 0 Å². The summed E-state index contributed by atoms with van der Waals surface area (Å²) < 4.78 is 0. The van der Waals surface area contributed by atoms with Crippen molar-refractivity contribution in [1.82, 2.24) is 0 Å². The van der Waals surface area contributed by atoms with Crippen LogP contribution in [0.3, 0.4) is 0 Å². The van der Waals surface area contributed by atoms with Gasteiger partial charge in [-0.25, -0.2) is 9.59 Å². The zero-order valence-electron chi connectivity index (χ0n) is 11.4. The van der Waals surface area contributed by atoms with E-state index in [1.54, 1.807) is 0 Å². The lowest BCUT2D eigenvalue weighted by Crippen LogP contribution is -2.39. The van der Waals surface area contributed by atoms with Crippen molar-refractivity contribution in [3.05, 3.63) is 0 Å². The summed E-state index contributed by atoms with van der Waals surface area (Å²) >= 11 is 0. The molecule has 0 aromatic rings. The van der Waals surface area contributed by atoms with Gasteiger partial charge in [0.1, 0.15) is 12.2 Å². The fourth-order valence-electron chi connectivity index (χ4n) is 0.386. The van der Waals surface area contributed by atoms with Crippen molar-refractivity contribution >= 4 is 11.9 Å². The molecule has 12 nitrogen and oxygen atoms in total. The van der Waals surface area contributed by atoms with Gasteiger partial charge in [-0.05, 0) is 0 Å². The maximum Gasteiger partial charge on any atom is 0.335 e. The first-order chi connectivity index (χ1) is 10.1. The summed E-state index contributed by atoms with van der Waals surface area (Å²) in [6, 6.07) is 0. The van der Waals surface area contributed by atoms with Gasteiger partial charge in [0.2, 0.25) is 0 Å². The molecule has 0 heterocycles. The number of aliphatic carboxylic acids is 2. The SMILES string of the molecule is O=C(O)C(O)C(O)C(=O)O.OCC(O)CO.OCC(O)CO. The second kappa shape index (κ2) is 16.0. The van der Waals surface area contributed by atoms with Crippen LogP contribution in [0.15, 0.2) is 0 Å². The third-order valence-electron chi connectivity index (χ3n) is 1.65. The average molecular weight is 334 g/mol. The van der Waals surface area contributed by atoms with Crippen molar-refractivity contribution in [2.75, 3.05) is 26.4 Å². The van der Waals surface area contributed by atoms with Crippen LogP contribution in [-0.4, -0.2) is 114 Å². The van der Waals surface area contributed by atoms with Crippen LogP contribution in [0, 0.1) is 0 Å². The molecule has 2 unspecified atom stereocenters. The van der Waals surface area contributed by atoms with Gasteiger partial charge in [0.15, 0.2) is 12.2 Å². The lowest BCUT2D eigenvalue weighted by atomic mass is 10.2. The minimum Gasteiger partial charge on any atom is -0.479 e. The smallest absolute Gasteiger partial charge is 0.335 e. The quantitative estimate of drug-likeness (QED) is 0.210. The highest BCUT2D eigenvalue weighted by atomic mass is 16.4. The molecule has 0 bridgehead atoms. The highest BCUT2D eigenvalue weighted by Gasteiger charge is 2.29. The topological polar surface area (TPSA) is 236 Å². The first-order valence-electron chi connectivity index (χ1n) is 5.70. The maximum atomic E-state index is 9.77. The Bertz CT molecular complexity index is 247. The number of aliphatic hydroxyl groups excluding tert-OH is 8. The van der Waals surface area contributed by atoms with Gasteiger partial charge in [-0.3, -0.25) is 0 Å². The van der Waals surface area contributed by atoms with Crippen molar-refractivity contribution in [1.29, 1.82) is 0 Å². The van der Waals surface area contributed by atoms with Crippen LogP contribution in [0.5, 0.6) is 0 Å². The van der Waals surface area contributed by atoms with Gasteiger partial charge in [0.25, 0.3) is 0 Å². The Morgan fingerprint density at radius 1 is 0.591 bits per heavy atom. The lowest BCUT2D eigenvalue weighted by molar-refractivity contribution is -0.165. The van der Waals surface area contributed by atoms with Crippen LogP contribution in [0.1, 0.15) is 0 Å². The molecule has 134 valence electrons. The van der Waals surface area contributed by atoms with Crippen LogP contribution in [0.25, 0.3) is 0 Å². The number of rotatable bonds is 7. The molecule has 10 N–H and O–H groups in total. The third-order valence-corrected chi connectivity index (χ3v) is 1.65. The van der Waals surface area contributed by atoms with Gasteiger partial charge in [-0.2, -0.15) is 0 Å². The molecule has 0 aliphatic heterocycles. The number of carboxylic acids is 2. The molecule has 0 aliphatic carbocycles. The predicted molar refractivity (Wildman–Crippen MR) is 67.6 cm³/mol. The van der Waals surface area contributed by atoms with E-state index in [0.29, 0.717) is 0 Å². The standard InChI is InChI=1S/C4H6O6.2C3H8O3/c5-1(3(7)8)2(6)4(9)10;2*4-1-3(6)2-5/h1-2,5-6H,(H,7,8)(H,9,10);2*3-6H,1-2H2. The zero-order chi connectivity index (χ0) is 18.3. The average Bonchev–Trinajstić information content (AvgIpc) is 2.52. The molecule has 0 aliphatic rings. The molecule has 0 amide bonds. The van der Waals surface area contributed by atoms with Crippen molar-refractivity contribution in [3.8, 4) is 0 Å². The number of hydrogen-bond donors (Lipinski definition) is 10. The van der Waals surface area contributed by atoms with E-state index in [9.17, 15) is 9.59 Å². The van der Waals surface area contributed by atoms with E-state index in [4.69, 9.17) is 51.1 Å². The molecule has 0 aromatic heterocycles. The first-order valence-corrected chi connectivity index (χ1v) is 5.70. The molecular formula is C10H22O12. The van der Waals surface area contributed by atoms with E-state index in [0.717, 1.165) is 0 Å². The number of carbonyl (C=O) groups is 2. The maximum absolute atomic E-state index is 9.77. The van der Waals surface area contributed by atoms with Gasteiger partial charge in [-0.15, -0.1) is 0 Å². The summed E-state index contributed by atoms with van der Waals surface area (Å²) in [5, 5.41) is 80.6. The summed E-state index contributed by atoms with van der Waals surface area (Å²) in [5.41, 5.74) is 0. The normalized spacial score (nSPS) is 12.6. The first kappa shape index (κ1) is 25.6. The third kappa shape index (κ3) is 16.7. The van der Waals surface area contributed by atoms with E-state index in [-0.39, 0.29) is 26.4 Å². The lowest BCUT2D eigenvalue weighted by Gasteiger charge is -2.07. The van der Waals surface area contributed by atoms with Gasteiger partial charge in [0.05, 0.1) is 26.4 Å². The largest absolute Gasteiger partial charge is 0.479 e. The molecule has 0 radical (unpaired) electrons. The Balaban J connectivity index is -0.000000261. The summed E-state index contributed by atoms with van der Waals surface area (Å²) in [5.74, 6) is -3.54. The summed E-state index contributed by atoms with van der Waals surface area (Å²) in [6.45, 7) is -1.46. The van der Waals surface area contributed by atoms with Crippen molar-refractivity contribution < 1.29 is 60.7 Å². The summed E-state index contributed by atoms with van der Waals surface area (Å²) in [7, 11) is 0. The van der Waals surface area contributed by atoms with E-state index >= 15 is 0 Å². The summed E-state index contributed by atoms with van der Waals surface area (Å²) in [6.07, 6.45) is -6.44. The van der Waals surface area contributed by atoms with Crippen molar-refractivity contribution in [2.45, 2.75) is 24.4 Å². The van der Waals surface area contributed by atoms with Gasteiger partial charge >= 0.3 is 11.9 Å².